The van der Waals surface area contributed by atoms with Crippen LogP contribution < -0.4 is 5.32 Å². The Labute approximate surface area is 95.4 Å². The van der Waals surface area contributed by atoms with Crippen LogP contribution in [0.4, 0.5) is 0 Å². The molecule has 0 aromatic heterocycles. The van der Waals surface area contributed by atoms with Gasteiger partial charge in [-0.25, -0.2) is 0 Å². The average molecular weight is 212 g/mol. The second-order valence-electron chi connectivity index (χ2n) is 5.35. The van der Waals surface area contributed by atoms with Crippen LogP contribution in [0.1, 0.15) is 53.4 Å². The first-order valence-corrected chi connectivity index (χ1v) is 6.58. The third kappa shape index (κ3) is 3.76. The lowest BCUT2D eigenvalue weighted by atomic mass is 9.97. The molecule has 15 heavy (non-hydrogen) atoms. The summed E-state index contributed by atoms with van der Waals surface area (Å²) in [6.45, 7) is 13.0. The second-order valence-corrected chi connectivity index (χ2v) is 5.35. The van der Waals surface area contributed by atoms with Gasteiger partial charge >= 0.3 is 0 Å². The molecule has 1 saturated heterocycles. The highest BCUT2D eigenvalue weighted by Crippen LogP contribution is 2.20. The number of nitrogens with zero attached hydrogens (tertiary/aromatic N) is 1. The maximum absolute atomic E-state index is 3.63. The van der Waals surface area contributed by atoms with Crippen molar-refractivity contribution in [1.82, 2.24) is 10.2 Å². The van der Waals surface area contributed by atoms with Crippen molar-refractivity contribution in [1.29, 1.82) is 0 Å². The molecule has 1 heterocycles. The van der Waals surface area contributed by atoms with Gasteiger partial charge < -0.3 is 5.32 Å². The van der Waals surface area contributed by atoms with Gasteiger partial charge in [0.15, 0.2) is 0 Å². The molecule has 90 valence electrons. The Morgan fingerprint density at radius 3 is 2.60 bits per heavy atom. The molecule has 0 aromatic carbocycles. The quantitative estimate of drug-likeness (QED) is 0.773. The number of hydrogen-bond donors (Lipinski definition) is 1. The van der Waals surface area contributed by atoms with Crippen molar-refractivity contribution in [3.63, 3.8) is 0 Å². The lowest BCUT2D eigenvalue weighted by molar-refractivity contribution is 0.0998. The molecule has 0 saturated carbocycles. The summed E-state index contributed by atoms with van der Waals surface area (Å²) in [7, 11) is 0. The zero-order chi connectivity index (χ0) is 11.3. The van der Waals surface area contributed by atoms with Crippen molar-refractivity contribution in [2.75, 3.05) is 19.6 Å². The van der Waals surface area contributed by atoms with E-state index in [1.54, 1.807) is 0 Å². The fraction of sp³-hybridized carbons (Fsp3) is 1.00. The van der Waals surface area contributed by atoms with Gasteiger partial charge in [0, 0.05) is 18.1 Å². The third-order valence-electron chi connectivity index (χ3n) is 4.00. The fourth-order valence-corrected chi connectivity index (χ4v) is 2.28. The van der Waals surface area contributed by atoms with Gasteiger partial charge in [0.2, 0.25) is 0 Å². The molecule has 2 heteroatoms. The predicted octanol–water partition coefficient (Wildman–Crippen LogP) is 2.64. The standard InChI is InChI=1S/C13H28N2/c1-5-12-8-11-15(10-7-9-14-12)13(3,4)6-2/h12,14H,5-11H2,1-4H3. The summed E-state index contributed by atoms with van der Waals surface area (Å²) >= 11 is 0. The largest absolute Gasteiger partial charge is 0.314 e. The van der Waals surface area contributed by atoms with E-state index in [9.17, 15) is 0 Å². The van der Waals surface area contributed by atoms with Gasteiger partial charge in [-0.3, -0.25) is 4.90 Å². The molecule has 0 bridgehead atoms. The van der Waals surface area contributed by atoms with E-state index in [4.69, 9.17) is 0 Å². The molecule has 1 aliphatic heterocycles. The van der Waals surface area contributed by atoms with E-state index < -0.39 is 0 Å². The van der Waals surface area contributed by atoms with Crippen LogP contribution in [0.5, 0.6) is 0 Å². The molecule has 0 amide bonds. The Hall–Kier alpha value is -0.0800. The van der Waals surface area contributed by atoms with Gasteiger partial charge in [-0.15, -0.1) is 0 Å². The van der Waals surface area contributed by atoms with Crippen molar-refractivity contribution in [3.8, 4) is 0 Å². The minimum absolute atomic E-state index is 0.385. The summed E-state index contributed by atoms with van der Waals surface area (Å²) in [5, 5.41) is 3.63. The van der Waals surface area contributed by atoms with E-state index in [-0.39, 0.29) is 0 Å². The summed E-state index contributed by atoms with van der Waals surface area (Å²) in [6.07, 6.45) is 5.11. The van der Waals surface area contributed by atoms with Crippen LogP contribution >= 0.6 is 0 Å². The van der Waals surface area contributed by atoms with E-state index >= 15 is 0 Å². The van der Waals surface area contributed by atoms with E-state index in [1.165, 1.54) is 45.3 Å². The van der Waals surface area contributed by atoms with Crippen molar-refractivity contribution in [3.05, 3.63) is 0 Å². The molecular weight excluding hydrogens is 184 g/mol. The molecule has 1 unspecified atom stereocenters. The highest BCUT2D eigenvalue weighted by Gasteiger charge is 2.25. The normalized spacial score (nSPS) is 26.0. The molecular formula is C13H28N2. The molecule has 1 N–H and O–H groups in total. The zero-order valence-corrected chi connectivity index (χ0v) is 11.0. The Morgan fingerprint density at radius 1 is 1.27 bits per heavy atom. The van der Waals surface area contributed by atoms with Crippen LogP contribution in [0, 0.1) is 0 Å². The summed E-state index contributed by atoms with van der Waals surface area (Å²) in [5.41, 5.74) is 0.385. The first kappa shape index (κ1) is 13.0. The van der Waals surface area contributed by atoms with E-state index in [2.05, 4.69) is 37.9 Å². The summed E-state index contributed by atoms with van der Waals surface area (Å²) < 4.78 is 0. The Morgan fingerprint density at radius 2 is 2.00 bits per heavy atom. The van der Waals surface area contributed by atoms with E-state index in [0.29, 0.717) is 5.54 Å². The molecule has 0 radical (unpaired) electrons. The first-order valence-electron chi connectivity index (χ1n) is 6.58. The average Bonchev–Trinajstić information content (AvgIpc) is 2.17. The smallest absolute Gasteiger partial charge is 0.0150 e. The fourth-order valence-electron chi connectivity index (χ4n) is 2.28. The maximum Gasteiger partial charge on any atom is 0.0150 e. The lowest BCUT2D eigenvalue weighted by Crippen LogP contribution is -2.48. The zero-order valence-electron chi connectivity index (χ0n) is 11.0. The Balaban J connectivity index is 2.51. The predicted molar refractivity (Wildman–Crippen MR) is 67.3 cm³/mol. The van der Waals surface area contributed by atoms with E-state index in [0.717, 1.165) is 6.04 Å². The van der Waals surface area contributed by atoms with Crippen molar-refractivity contribution in [2.24, 2.45) is 0 Å². The van der Waals surface area contributed by atoms with Gasteiger partial charge in [0.1, 0.15) is 0 Å². The number of rotatable bonds is 3. The molecule has 0 spiro atoms. The number of hydrogen-bond acceptors (Lipinski definition) is 2. The van der Waals surface area contributed by atoms with Crippen molar-refractivity contribution >= 4 is 0 Å². The molecule has 1 fully saturated rings. The Kier molecular flexibility index (Phi) is 5.07. The molecule has 0 aromatic rings. The SMILES string of the molecule is CCC1CCN(C(C)(C)CC)CCCN1. The van der Waals surface area contributed by atoms with Crippen LogP contribution in [-0.4, -0.2) is 36.1 Å². The molecule has 0 aliphatic carbocycles. The van der Waals surface area contributed by atoms with Crippen molar-refractivity contribution in [2.45, 2.75) is 65.0 Å². The molecule has 1 aliphatic rings. The highest BCUT2D eigenvalue weighted by molar-refractivity contribution is 4.83. The monoisotopic (exact) mass is 212 g/mol. The highest BCUT2D eigenvalue weighted by atomic mass is 15.2. The first-order chi connectivity index (χ1) is 7.10. The minimum atomic E-state index is 0.385. The lowest BCUT2D eigenvalue weighted by Gasteiger charge is -2.40. The van der Waals surface area contributed by atoms with Crippen LogP contribution in [0.25, 0.3) is 0 Å². The number of nitrogens with one attached hydrogen (secondary N) is 1. The Bertz CT molecular complexity index is 177. The molecule has 1 atom stereocenters. The topological polar surface area (TPSA) is 15.3 Å². The van der Waals surface area contributed by atoms with Crippen LogP contribution in [0.2, 0.25) is 0 Å². The van der Waals surface area contributed by atoms with Gasteiger partial charge in [-0.2, -0.15) is 0 Å². The van der Waals surface area contributed by atoms with Gasteiger partial charge in [0.25, 0.3) is 0 Å². The maximum atomic E-state index is 3.63. The summed E-state index contributed by atoms with van der Waals surface area (Å²) in [6, 6.07) is 0.737. The van der Waals surface area contributed by atoms with Crippen LogP contribution in [0.3, 0.4) is 0 Å². The van der Waals surface area contributed by atoms with Gasteiger partial charge in [-0.05, 0) is 52.6 Å². The summed E-state index contributed by atoms with van der Waals surface area (Å²) in [4.78, 5) is 2.68. The van der Waals surface area contributed by atoms with Gasteiger partial charge in [-0.1, -0.05) is 13.8 Å². The second kappa shape index (κ2) is 5.86. The van der Waals surface area contributed by atoms with Crippen LogP contribution in [0.15, 0.2) is 0 Å². The minimum Gasteiger partial charge on any atom is -0.314 e. The summed E-state index contributed by atoms with van der Waals surface area (Å²) in [5.74, 6) is 0. The van der Waals surface area contributed by atoms with E-state index in [1.807, 2.05) is 0 Å². The van der Waals surface area contributed by atoms with Crippen molar-refractivity contribution < 1.29 is 0 Å². The molecule has 1 rings (SSSR count). The van der Waals surface area contributed by atoms with Crippen LogP contribution in [-0.2, 0) is 0 Å². The van der Waals surface area contributed by atoms with Gasteiger partial charge in [0.05, 0.1) is 0 Å². The third-order valence-corrected chi connectivity index (χ3v) is 4.00. The molecule has 2 nitrogen and oxygen atoms in total.